The Morgan fingerprint density at radius 3 is 2.55 bits per heavy atom. The molecule has 2 unspecified atom stereocenters. The van der Waals surface area contributed by atoms with Gasteiger partial charge in [-0.15, -0.1) is 0 Å². The number of carbonyl (C=O) groups excluding carboxylic acids is 1. The predicted molar refractivity (Wildman–Crippen MR) is 119 cm³/mol. The maximum absolute atomic E-state index is 13.1. The summed E-state index contributed by atoms with van der Waals surface area (Å²) in [4.78, 5) is 21.6. The van der Waals surface area contributed by atoms with Gasteiger partial charge in [-0.3, -0.25) is 9.20 Å². The zero-order valence-electron chi connectivity index (χ0n) is 17.0. The molecule has 2 aromatic heterocycles. The zero-order valence-corrected chi connectivity index (χ0v) is 17.0. The average Bonchev–Trinajstić information content (AvgIpc) is 3.32. The van der Waals surface area contributed by atoms with E-state index in [1.54, 1.807) is 18.3 Å². The number of hydrogen-bond acceptors (Lipinski definition) is 4. The molecular formula is C24H22FN5O. The fraction of sp³-hybridized carbons (Fsp3) is 0.208. The molecule has 0 saturated heterocycles. The highest BCUT2D eigenvalue weighted by molar-refractivity contribution is 5.95. The molecule has 6 nitrogen and oxygen atoms in total. The summed E-state index contributed by atoms with van der Waals surface area (Å²) in [6.45, 7) is 2.75. The Labute approximate surface area is 179 Å². The van der Waals surface area contributed by atoms with E-state index in [1.165, 1.54) is 0 Å². The number of imidazole rings is 1. The van der Waals surface area contributed by atoms with Gasteiger partial charge in [-0.05, 0) is 19.1 Å². The topological polar surface area (TPSA) is 71.3 Å². The van der Waals surface area contributed by atoms with Gasteiger partial charge in [0.2, 0.25) is 0 Å². The first kappa shape index (κ1) is 19.2. The van der Waals surface area contributed by atoms with Crippen LogP contribution in [0.3, 0.4) is 0 Å². The summed E-state index contributed by atoms with van der Waals surface area (Å²) in [6.07, 6.45) is 3.26. The summed E-state index contributed by atoms with van der Waals surface area (Å²) in [7, 11) is 0. The van der Waals surface area contributed by atoms with Crippen molar-refractivity contribution in [2.24, 2.45) is 0 Å². The van der Waals surface area contributed by atoms with Gasteiger partial charge in [0.25, 0.3) is 5.91 Å². The number of aromatic nitrogens is 3. The molecule has 0 bridgehead atoms. The van der Waals surface area contributed by atoms with E-state index in [9.17, 15) is 9.18 Å². The highest BCUT2D eigenvalue weighted by atomic mass is 19.1. The van der Waals surface area contributed by atoms with Gasteiger partial charge >= 0.3 is 0 Å². The molecule has 5 rings (SSSR count). The standard InChI is InChI=1S/C24H22FN5O/c1-2-26-22-23-27-13-21(30(23)14-20(28-22)15-6-4-3-5-7-15)16-8-10-17(11-9-16)24(31)29-19-12-18(19)25/h3-11,13-14,18-19H,2,12H2,1H3,(H,26,28)(H,29,31). The summed E-state index contributed by atoms with van der Waals surface area (Å²) in [5.74, 6) is 0.469. The van der Waals surface area contributed by atoms with Gasteiger partial charge in [0.1, 0.15) is 6.17 Å². The maximum atomic E-state index is 13.1. The van der Waals surface area contributed by atoms with E-state index in [0.29, 0.717) is 12.0 Å². The van der Waals surface area contributed by atoms with Crippen LogP contribution in [0.25, 0.3) is 28.2 Å². The lowest BCUT2D eigenvalue weighted by Crippen LogP contribution is -2.26. The van der Waals surface area contributed by atoms with E-state index < -0.39 is 6.17 Å². The first-order valence-electron chi connectivity index (χ1n) is 10.4. The number of rotatable bonds is 6. The molecule has 0 aliphatic heterocycles. The quantitative estimate of drug-likeness (QED) is 0.492. The van der Waals surface area contributed by atoms with Crippen molar-refractivity contribution in [3.63, 3.8) is 0 Å². The molecule has 2 N–H and O–H groups in total. The smallest absolute Gasteiger partial charge is 0.251 e. The second kappa shape index (κ2) is 7.83. The SMILES string of the molecule is CCNc1nc(-c2ccccc2)cn2c(-c3ccc(C(=O)NC4CC4F)cc3)cnc12. The minimum atomic E-state index is -0.917. The maximum Gasteiger partial charge on any atom is 0.251 e. The predicted octanol–water partition coefficient (Wildman–Crippen LogP) is 4.34. The Bertz CT molecular complexity index is 1240. The second-order valence-corrected chi connectivity index (χ2v) is 7.62. The van der Waals surface area contributed by atoms with Crippen LogP contribution in [0, 0.1) is 0 Å². The van der Waals surface area contributed by atoms with Crippen LogP contribution < -0.4 is 10.6 Å². The largest absolute Gasteiger partial charge is 0.367 e. The highest BCUT2D eigenvalue weighted by Gasteiger charge is 2.38. The van der Waals surface area contributed by atoms with Crippen LogP contribution in [0.2, 0.25) is 0 Å². The Balaban J connectivity index is 1.52. The van der Waals surface area contributed by atoms with Crippen molar-refractivity contribution in [2.75, 3.05) is 11.9 Å². The number of anilines is 1. The monoisotopic (exact) mass is 415 g/mol. The Hall–Kier alpha value is -3.74. The molecule has 0 radical (unpaired) electrons. The van der Waals surface area contributed by atoms with Gasteiger partial charge in [0.05, 0.1) is 23.6 Å². The molecule has 1 amide bonds. The van der Waals surface area contributed by atoms with E-state index in [2.05, 4.69) is 15.6 Å². The molecule has 2 heterocycles. The number of carbonyl (C=O) groups is 1. The summed E-state index contributed by atoms with van der Waals surface area (Å²) < 4.78 is 15.1. The summed E-state index contributed by atoms with van der Waals surface area (Å²) >= 11 is 0. The van der Waals surface area contributed by atoms with Crippen molar-refractivity contribution in [3.8, 4) is 22.5 Å². The molecule has 1 aliphatic rings. The third-order valence-corrected chi connectivity index (χ3v) is 5.38. The average molecular weight is 415 g/mol. The van der Waals surface area contributed by atoms with Gasteiger partial charge in [0, 0.05) is 35.9 Å². The van der Waals surface area contributed by atoms with Crippen LogP contribution in [0.4, 0.5) is 10.2 Å². The number of amides is 1. The van der Waals surface area contributed by atoms with Crippen molar-refractivity contribution in [3.05, 3.63) is 72.6 Å². The second-order valence-electron chi connectivity index (χ2n) is 7.62. The normalized spacial score (nSPS) is 17.5. The van der Waals surface area contributed by atoms with Crippen molar-refractivity contribution >= 4 is 17.4 Å². The highest BCUT2D eigenvalue weighted by Crippen LogP contribution is 2.28. The van der Waals surface area contributed by atoms with Crippen LogP contribution >= 0.6 is 0 Å². The van der Waals surface area contributed by atoms with E-state index in [0.717, 1.165) is 40.5 Å². The molecular weight excluding hydrogens is 393 g/mol. The molecule has 2 aromatic carbocycles. The Morgan fingerprint density at radius 2 is 1.87 bits per heavy atom. The Kier molecular flexibility index (Phi) is 4.86. The van der Waals surface area contributed by atoms with Crippen LogP contribution in [0.15, 0.2) is 67.0 Å². The van der Waals surface area contributed by atoms with Gasteiger partial charge in [-0.25, -0.2) is 14.4 Å². The number of alkyl halides is 1. The molecule has 4 aromatic rings. The number of benzene rings is 2. The molecule has 7 heteroatoms. The van der Waals surface area contributed by atoms with Crippen LogP contribution in [0.1, 0.15) is 23.7 Å². The van der Waals surface area contributed by atoms with Gasteiger partial charge in [-0.1, -0.05) is 42.5 Å². The molecule has 0 spiro atoms. The number of halogens is 1. The number of hydrogen-bond donors (Lipinski definition) is 2. The van der Waals surface area contributed by atoms with E-state index in [-0.39, 0.29) is 11.9 Å². The number of nitrogens with zero attached hydrogens (tertiary/aromatic N) is 3. The molecule has 31 heavy (non-hydrogen) atoms. The number of fused-ring (bicyclic) bond motifs is 1. The molecule has 2 atom stereocenters. The first-order chi connectivity index (χ1) is 15.1. The zero-order chi connectivity index (χ0) is 21.4. The minimum Gasteiger partial charge on any atom is -0.367 e. The molecule has 1 saturated carbocycles. The fourth-order valence-corrected chi connectivity index (χ4v) is 3.59. The third-order valence-electron chi connectivity index (χ3n) is 5.38. The summed E-state index contributed by atoms with van der Waals surface area (Å²) in [6, 6.07) is 16.9. The van der Waals surface area contributed by atoms with Crippen molar-refractivity contribution < 1.29 is 9.18 Å². The van der Waals surface area contributed by atoms with Crippen molar-refractivity contribution in [2.45, 2.75) is 25.6 Å². The van der Waals surface area contributed by atoms with Crippen molar-refractivity contribution in [1.29, 1.82) is 0 Å². The molecule has 156 valence electrons. The lowest BCUT2D eigenvalue weighted by atomic mass is 10.1. The van der Waals surface area contributed by atoms with E-state index in [1.807, 2.05) is 60.0 Å². The van der Waals surface area contributed by atoms with Crippen molar-refractivity contribution in [1.82, 2.24) is 19.7 Å². The van der Waals surface area contributed by atoms with Gasteiger partial charge in [-0.2, -0.15) is 0 Å². The first-order valence-corrected chi connectivity index (χ1v) is 10.4. The molecule has 1 aliphatic carbocycles. The summed E-state index contributed by atoms with van der Waals surface area (Å²) in [5, 5.41) is 6.00. The van der Waals surface area contributed by atoms with E-state index in [4.69, 9.17) is 4.98 Å². The number of nitrogens with one attached hydrogen (secondary N) is 2. The van der Waals surface area contributed by atoms with Gasteiger partial charge in [0.15, 0.2) is 11.5 Å². The lowest BCUT2D eigenvalue weighted by molar-refractivity contribution is 0.0947. The van der Waals surface area contributed by atoms with Crippen LogP contribution in [0.5, 0.6) is 0 Å². The summed E-state index contributed by atoms with van der Waals surface area (Å²) in [5.41, 5.74) is 4.92. The van der Waals surface area contributed by atoms with Gasteiger partial charge < -0.3 is 10.6 Å². The minimum absolute atomic E-state index is 0.250. The Morgan fingerprint density at radius 1 is 1.13 bits per heavy atom. The lowest BCUT2D eigenvalue weighted by Gasteiger charge is -2.10. The van der Waals surface area contributed by atoms with E-state index >= 15 is 0 Å². The van der Waals surface area contributed by atoms with Crippen LogP contribution in [-0.2, 0) is 0 Å². The fourth-order valence-electron chi connectivity index (χ4n) is 3.59. The third kappa shape index (κ3) is 3.74. The van der Waals surface area contributed by atoms with Crippen LogP contribution in [-0.4, -0.2) is 39.0 Å². The molecule has 1 fully saturated rings.